The second kappa shape index (κ2) is 7.84. The highest BCUT2D eigenvalue weighted by molar-refractivity contribution is 5.99. The second-order valence-corrected chi connectivity index (χ2v) is 7.83. The number of carbonyl (C=O) groups excluding carboxylic acids is 1. The number of carbonyl (C=O) groups is 1. The van der Waals surface area contributed by atoms with Gasteiger partial charge in [-0.2, -0.15) is 0 Å². The van der Waals surface area contributed by atoms with E-state index >= 15 is 0 Å². The molecule has 2 heterocycles. The molecule has 2 aromatic carbocycles. The Bertz CT molecular complexity index is 1100. The number of fused-ring (bicyclic) bond motifs is 2. The van der Waals surface area contributed by atoms with E-state index in [9.17, 15) is 9.59 Å². The molecule has 1 aromatic heterocycles. The van der Waals surface area contributed by atoms with Crippen LogP contribution in [0.5, 0.6) is 0 Å². The highest BCUT2D eigenvalue weighted by Gasteiger charge is 2.42. The van der Waals surface area contributed by atoms with Crippen LogP contribution in [0, 0.1) is 0 Å². The van der Waals surface area contributed by atoms with E-state index in [0.29, 0.717) is 23.1 Å². The molecule has 1 aliphatic rings. The minimum absolute atomic E-state index is 0.103. The summed E-state index contributed by atoms with van der Waals surface area (Å²) in [5, 5.41) is 0.548. The predicted octanol–water partition coefficient (Wildman–Crippen LogP) is 3.85. The summed E-state index contributed by atoms with van der Waals surface area (Å²) in [5.74, 6) is -0.0170. The third-order valence-electron chi connectivity index (χ3n) is 5.56. The average Bonchev–Trinajstić information content (AvgIpc) is 3.00. The highest BCUT2D eigenvalue weighted by Crippen LogP contribution is 2.38. The number of hydrogen-bond donors (Lipinski definition) is 0. The zero-order valence-corrected chi connectivity index (χ0v) is 17.1. The lowest BCUT2D eigenvalue weighted by Crippen LogP contribution is -2.32. The molecule has 0 saturated heterocycles. The lowest BCUT2D eigenvalue weighted by atomic mass is 9.98. The Morgan fingerprint density at radius 1 is 1.07 bits per heavy atom. The standard InChI is InChI=1S/C24H26N2O3/c1-4-16-11-12-19-18(15-16)22(27)20-21(17-9-6-5-7-10-17)26(14-8-13-25(2)3)24(28)23(20)29-19/h5-7,9-12,15,21H,4,8,13-14H2,1-3H3. The van der Waals surface area contributed by atoms with Gasteiger partial charge >= 0.3 is 0 Å². The van der Waals surface area contributed by atoms with Crippen LogP contribution in [0.1, 0.15) is 46.6 Å². The first-order chi connectivity index (χ1) is 14.0. The first-order valence-electron chi connectivity index (χ1n) is 10.1. The first kappa shape index (κ1) is 19.4. The van der Waals surface area contributed by atoms with E-state index in [4.69, 9.17) is 4.42 Å². The quantitative estimate of drug-likeness (QED) is 0.642. The molecule has 4 rings (SSSR count). The van der Waals surface area contributed by atoms with E-state index in [0.717, 1.165) is 30.5 Å². The van der Waals surface area contributed by atoms with Crippen LogP contribution in [0.2, 0.25) is 0 Å². The Labute approximate surface area is 170 Å². The maximum atomic E-state index is 13.5. The van der Waals surface area contributed by atoms with Crippen molar-refractivity contribution in [2.24, 2.45) is 0 Å². The monoisotopic (exact) mass is 390 g/mol. The van der Waals surface area contributed by atoms with E-state index in [1.165, 1.54) is 0 Å². The lowest BCUT2D eigenvalue weighted by Gasteiger charge is -2.25. The molecule has 0 aliphatic carbocycles. The first-order valence-corrected chi connectivity index (χ1v) is 10.1. The van der Waals surface area contributed by atoms with Crippen molar-refractivity contribution in [2.45, 2.75) is 25.8 Å². The molecule has 1 amide bonds. The van der Waals surface area contributed by atoms with Gasteiger partial charge in [0.1, 0.15) is 5.58 Å². The molecule has 0 radical (unpaired) electrons. The summed E-state index contributed by atoms with van der Waals surface area (Å²) in [6, 6.07) is 15.0. The summed E-state index contributed by atoms with van der Waals surface area (Å²) in [4.78, 5) is 30.6. The summed E-state index contributed by atoms with van der Waals surface area (Å²) in [5.41, 5.74) is 2.85. The Balaban J connectivity index is 1.87. The third kappa shape index (κ3) is 3.47. The van der Waals surface area contributed by atoms with Gasteiger partial charge in [0.15, 0.2) is 5.43 Å². The van der Waals surface area contributed by atoms with Gasteiger partial charge in [0.2, 0.25) is 5.76 Å². The Kier molecular flexibility index (Phi) is 5.24. The lowest BCUT2D eigenvalue weighted by molar-refractivity contribution is 0.0722. The molecule has 150 valence electrons. The van der Waals surface area contributed by atoms with Crippen LogP contribution >= 0.6 is 0 Å². The Hall–Kier alpha value is -2.92. The smallest absolute Gasteiger partial charge is 0.290 e. The molecule has 0 N–H and O–H groups in total. The van der Waals surface area contributed by atoms with E-state index in [-0.39, 0.29) is 17.1 Å². The van der Waals surface area contributed by atoms with Crippen LogP contribution in [0.4, 0.5) is 0 Å². The molecule has 3 aromatic rings. The van der Waals surface area contributed by atoms with Crippen molar-refractivity contribution >= 4 is 16.9 Å². The number of rotatable bonds is 6. The minimum Gasteiger partial charge on any atom is -0.450 e. The van der Waals surface area contributed by atoms with Crippen molar-refractivity contribution in [3.05, 3.63) is 81.2 Å². The molecular weight excluding hydrogens is 364 g/mol. The van der Waals surface area contributed by atoms with Gasteiger partial charge in [-0.15, -0.1) is 0 Å². The number of benzene rings is 2. The molecule has 29 heavy (non-hydrogen) atoms. The van der Waals surface area contributed by atoms with Gasteiger partial charge in [-0.3, -0.25) is 9.59 Å². The SMILES string of the molecule is CCc1ccc2oc3c(c(=O)c2c1)C(c1ccccc1)N(CCCN(C)C)C3=O. The topological polar surface area (TPSA) is 53.8 Å². The zero-order chi connectivity index (χ0) is 20.5. The maximum Gasteiger partial charge on any atom is 0.290 e. The summed E-state index contributed by atoms with van der Waals surface area (Å²) < 4.78 is 6.00. The fourth-order valence-electron chi connectivity index (χ4n) is 4.06. The highest BCUT2D eigenvalue weighted by atomic mass is 16.3. The fraction of sp³-hybridized carbons (Fsp3) is 0.333. The van der Waals surface area contributed by atoms with Gasteiger partial charge < -0.3 is 14.2 Å². The van der Waals surface area contributed by atoms with Crippen LogP contribution in [-0.4, -0.2) is 42.9 Å². The summed E-state index contributed by atoms with van der Waals surface area (Å²) in [6.07, 6.45) is 1.66. The fourth-order valence-corrected chi connectivity index (χ4v) is 4.06. The molecule has 1 atom stereocenters. The number of hydrogen-bond acceptors (Lipinski definition) is 4. The molecule has 0 spiro atoms. The van der Waals surface area contributed by atoms with Gasteiger partial charge in [0, 0.05) is 6.54 Å². The molecular formula is C24H26N2O3. The summed E-state index contributed by atoms with van der Waals surface area (Å²) in [6.45, 7) is 3.49. The second-order valence-electron chi connectivity index (χ2n) is 7.83. The van der Waals surface area contributed by atoms with Gasteiger partial charge in [0.05, 0.1) is 17.0 Å². The van der Waals surface area contributed by atoms with Crippen LogP contribution in [-0.2, 0) is 6.42 Å². The Morgan fingerprint density at radius 2 is 1.83 bits per heavy atom. The van der Waals surface area contributed by atoms with Crippen LogP contribution in [0.3, 0.4) is 0 Å². The number of aryl methyl sites for hydroxylation is 1. The van der Waals surface area contributed by atoms with Crippen LogP contribution < -0.4 is 5.43 Å². The maximum absolute atomic E-state index is 13.5. The van der Waals surface area contributed by atoms with E-state index in [2.05, 4.69) is 11.8 Å². The van der Waals surface area contributed by atoms with Crippen molar-refractivity contribution in [3.8, 4) is 0 Å². The van der Waals surface area contributed by atoms with E-state index < -0.39 is 6.04 Å². The van der Waals surface area contributed by atoms with Crippen molar-refractivity contribution in [3.63, 3.8) is 0 Å². The Morgan fingerprint density at radius 3 is 2.52 bits per heavy atom. The van der Waals surface area contributed by atoms with Crippen LogP contribution in [0.15, 0.2) is 57.7 Å². The molecule has 1 aliphatic heterocycles. The van der Waals surface area contributed by atoms with Gasteiger partial charge in [-0.05, 0) is 56.7 Å². The number of nitrogens with zero attached hydrogens (tertiary/aromatic N) is 2. The zero-order valence-electron chi connectivity index (χ0n) is 17.1. The van der Waals surface area contributed by atoms with Gasteiger partial charge in [-0.25, -0.2) is 0 Å². The molecule has 0 bridgehead atoms. The van der Waals surface area contributed by atoms with E-state index in [1.807, 2.05) is 56.6 Å². The molecule has 0 saturated carbocycles. The summed E-state index contributed by atoms with van der Waals surface area (Å²) >= 11 is 0. The third-order valence-corrected chi connectivity index (χ3v) is 5.56. The number of amides is 1. The molecule has 1 unspecified atom stereocenters. The minimum atomic E-state index is -0.410. The largest absolute Gasteiger partial charge is 0.450 e. The summed E-state index contributed by atoms with van der Waals surface area (Å²) in [7, 11) is 4.02. The predicted molar refractivity (Wildman–Crippen MR) is 114 cm³/mol. The molecule has 5 heteroatoms. The van der Waals surface area contributed by atoms with Gasteiger partial charge in [-0.1, -0.05) is 43.3 Å². The normalized spacial score (nSPS) is 16.1. The van der Waals surface area contributed by atoms with E-state index in [1.54, 1.807) is 11.0 Å². The van der Waals surface area contributed by atoms with Crippen molar-refractivity contribution in [1.29, 1.82) is 0 Å². The van der Waals surface area contributed by atoms with Crippen LogP contribution in [0.25, 0.3) is 11.0 Å². The van der Waals surface area contributed by atoms with Crippen molar-refractivity contribution < 1.29 is 9.21 Å². The van der Waals surface area contributed by atoms with Gasteiger partial charge in [0.25, 0.3) is 5.91 Å². The molecule has 5 nitrogen and oxygen atoms in total. The van der Waals surface area contributed by atoms with Crippen molar-refractivity contribution in [1.82, 2.24) is 9.80 Å². The molecule has 0 fully saturated rings. The van der Waals surface area contributed by atoms with Crippen molar-refractivity contribution in [2.75, 3.05) is 27.2 Å². The average molecular weight is 390 g/mol.